The molecule has 0 heterocycles. The van der Waals surface area contributed by atoms with Crippen molar-refractivity contribution in [3.05, 3.63) is 12.2 Å². The summed E-state index contributed by atoms with van der Waals surface area (Å²) in [5, 5.41) is 0. The van der Waals surface area contributed by atoms with E-state index in [-0.39, 0.29) is 5.97 Å². The van der Waals surface area contributed by atoms with E-state index in [1.807, 2.05) is 0 Å². The van der Waals surface area contributed by atoms with E-state index in [4.69, 9.17) is 8.85 Å². The van der Waals surface area contributed by atoms with Crippen LogP contribution in [0.1, 0.15) is 34.6 Å². The molecule has 0 rings (SSSR count). The quantitative estimate of drug-likeness (QED) is 0.551. The normalized spacial score (nSPS) is 13.0. The van der Waals surface area contributed by atoms with E-state index in [2.05, 4.69) is 47.4 Å². The van der Waals surface area contributed by atoms with Gasteiger partial charge in [-0.3, -0.25) is 0 Å². The van der Waals surface area contributed by atoms with Crippen molar-refractivity contribution in [3.63, 3.8) is 0 Å². The molecule has 0 fully saturated rings. The van der Waals surface area contributed by atoms with Crippen molar-refractivity contribution < 1.29 is 13.6 Å². The Hall–Kier alpha value is -0.396. The first-order valence-electron chi connectivity index (χ1n) is 6.47. The van der Waals surface area contributed by atoms with E-state index in [0.29, 0.717) is 16.7 Å². The Balaban J connectivity index is 5.66. The molecule has 0 aromatic heterocycles. The van der Waals surface area contributed by atoms with Crippen molar-refractivity contribution in [1.82, 2.24) is 0 Å². The summed E-state index contributed by atoms with van der Waals surface area (Å²) >= 11 is 0. The summed E-state index contributed by atoms with van der Waals surface area (Å²) in [6.45, 7) is 18.3. The summed E-state index contributed by atoms with van der Waals surface area (Å²) < 4.78 is 11.8. The smallest absolute Gasteiger partial charge is 0.319 e. The van der Waals surface area contributed by atoms with Crippen LogP contribution >= 0.6 is 0 Å². The molecule has 3 nitrogen and oxygen atoms in total. The van der Waals surface area contributed by atoms with Crippen LogP contribution in [0.3, 0.4) is 0 Å². The van der Waals surface area contributed by atoms with Crippen LogP contribution in [0.4, 0.5) is 0 Å². The summed E-state index contributed by atoms with van der Waals surface area (Å²) in [5.41, 5.74) is 1.14. The standard InChI is InChI=1S/C13H28O3Si2/c1-10(2)13(14)16-18(11(3)4,12(5)6)17(8,9)15-7/h11-12H,1H2,2-9H3. The fraction of sp³-hybridized carbons (Fsp3) is 0.769. The topological polar surface area (TPSA) is 35.5 Å². The van der Waals surface area contributed by atoms with E-state index in [9.17, 15) is 4.79 Å². The molecular weight excluding hydrogens is 260 g/mol. The fourth-order valence-electron chi connectivity index (χ4n) is 2.82. The minimum atomic E-state index is -2.30. The van der Waals surface area contributed by atoms with Gasteiger partial charge in [0.25, 0.3) is 7.83 Å². The summed E-state index contributed by atoms with van der Waals surface area (Å²) in [5.74, 6) is -0.262. The number of carbonyl (C=O) groups excluding carboxylic acids is 1. The van der Waals surface area contributed by atoms with Crippen molar-refractivity contribution in [2.75, 3.05) is 7.11 Å². The molecule has 0 spiro atoms. The Bertz CT molecular complexity index is 314. The van der Waals surface area contributed by atoms with Gasteiger partial charge in [-0.25, -0.2) is 4.79 Å². The molecule has 0 radical (unpaired) electrons. The van der Waals surface area contributed by atoms with Crippen molar-refractivity contribution in [1.29, 1.82) is 0 Å². The molecule has 106 valence electrons. The first-order chi connectivity index (χ1) is 8.02. The summed E-state index contributed by atoms with van der Waals surface area (Å²) in [6.07, 6.45) is 0. The van der Waals surface area contributed by atoms with Gasteiger partial charge >= 0.3 is 5.97 Å². The molecule has 0 aliphatic carbocycles. The van der Waals surface area contributed by atoms with Crippen LogP contribution < -0.4 is 0 Å². The zero-order valence-electron chi connectivity index (χ0n) is 13.1. The molecular formula is C13H28O3Si2. The van der Waals surface area contributed by atoms with Crippen LogP contribution in [0.5, 0.6) is 0 Å². The Labute approximate surface area is 114 Å². The zero-order valence-corrected chi connectivity index (χ0v) is 15.1. The third kappa shape index (κ3) is 3.13. The van der Waals surface area contributed by atoms with Crippen molar-refractivity contribution in [3.8, 4) is 0 Å². The van der Waals surface area contributed by atoms with Gasteiger partial charge in [0.2, 0.25) is 7.83 Å². The molecule has 0 saturated carbocycles. The number of hydrogen-bond acceptors (Lipinski definition) is 3. The maximum absolute atomic E-state index is 12.0. The Morgan fingerprint density at radius 3 is 1.72 bits per heavy atom. The first-order valence-corrected chi connectivity index (χ1v) is 12.4. The molecule has 0 bridgehead atoms. The fourth-order valence-corrected chi connectivity index (χ4v) is 18.8. The van der Waals surface area contributed by atoms with E-state index >= 15 is 0 Å². The second kappa shape index (κ2) is 6.17. The zero-order chi connectivity index (χ0) is 14.7. The van der Waals surface area contributed by atoms with Crippen LogP contribution in [0.2, 0.25) is 24.2 Å². The highest BCUT2D eigenvalue weighted by Gasteiger charge is 2.59. The molecule has 0 amide bonds. The van der Waals surface area contributed by atoms with Crippen LogP contribution in [0, 0.1) is 0 Å². The first kappa shape index (κ1) is 17.6. The van der Waals surface area contributed by atoms with E-state index in [0.717, 1.165) is 0 Å². The van der Waals surface area contributed by atoms with Crippen LogP contribution in [0.15, 0.2) is 12.2 Å². The van der Waals surface area contributed by atoms with Crippen LogP contribution in [0.25, 0.3) is 0 Å². The van der Waals surface area contributed by atoms with E-state index in [1.54, 1.807) is 14.0 Å². The maximum Gasteiger partial charge on any atom is 0.319 e. The van der Waals surface area contributed by atoms with Gasteiger partial charge in [0.05, 0.1) is 0 Å². The predicted octanol–water partition coefficient (Wildman–Crippen LogP) is 3.80. The molecule has 0 aromatic rings. The largest absolute Gasteiger partial charge is 0.515 e. The highest BCUT2D eigenvalue weighted by molar-refractivity contribution is 7.37. The number of rotatable bonds is 6. The molecule has 0 aliphatic heterocycles. The average molecular weight is 289 g/mol. The van der Waals surface area contributed by atoms with Crippen LogP contribution in [-0.2, 0) is 13.6 Å². The van der Waals surface area contributed by atoms with Gasteiger partial charge in [-0.1, -0.05) is 34.3 Å². The Kier molecular flexibility index (Phi) is 6.03. The molecule has 0 aliphatic rings. The second-order valence-corrected chi connectivity index (χ2v) is 19.5. The number of hydrogen-bond donors (Lipinski definition) is 0. The lowest BCUT2D eigenvalue weighted by atomic mass is 10.4. The lowest BCUT2D eigenvalue weighted by molar-refractivity contribution is -0.131. The minimum absolute atomic E-state index is 0.262. The lowest BCUT2D eigenvalue weighted by Crippen LogP contribution is -2.67. The molecule has 5 heteroatoms. The van der Waals surface area contributed by atoms with Crippen LogP contribution in [-0.4, -0.2) is 28.7 Å². The average Bonchev–Trinajstić information content (AvgIpc) is 2.23. The third-order valence-corrected chi connectivity index (χ3v) is 20.7. The Morgan fingerprint density at radius 1 is 1.11 bits per heavy atom. The molecule has 0 unspecified atom stereocenters. The lowest BCUT2D eigenvalue weighted by Gasteiger charge is -2.46. The van der Waals surface area contributed by atoms with Gasteiger partial charge in [-0.05, 0) is 31.1 Å². The minimum Gasteiger partial charge on any atom is -0.515 e. The summed E-state index contributed by atoms with van der Waals surface area (Å²) in [6, 6.07) is 0. The molecule has 18 heavy (non-hydrogen) atoms. The van der Waals surface area contributed by atoms with Gasteiger partial charge in [0.15, 0.2) is 0 Å². The maximum atomic E-state index is 12.0. The van der Waals surface area contributed by atoms with Gasteiger partial charge in [-0.2, -0.15) is 0 Å². The SMILES string of the molecule is C=C(C)C(=O)O[Si](C(C)C)(C(C)C)[Si](C)(C)OC. The van der Waals surface area contributed by atoms with Gasteiger partial charge in [-0.15, -0.1) is 0 Å². The van der Waals surface area contributed by atoms with Crippen molar-refractivity contribution in [2.24, 2.45) is 0 Å². The molecule has 0 N–H and O–H groups in total. The molecule has 0 atom stereocenters. The van der Waals surface area contributed by atoms with Crippen molar-refractivity contribution >= 4 is 21.6 Å². The highest BCUT2D eigenvalue weighted by Crippen LogP contribution is 2.41. The number of carbonyl (C=O) groups is 1. The molecule has 0 saturated heterocycles. The second-order valence-electron chi connectivity index (χ2n) is 5.99. The monoisotopic (exact) mass is 288 g/mol. The van der Waals surface area contributed by atoms with E-state index in [1.165, 1.54) is 0 Å². The van der Waals surface area contributed by atoms with E-state index < -0.39 is 15.7 Å². The van der Waals surface area contributed by atoms with Crippen molar-refractivity contribution in [2.45, 2.75) is 58.8 Å². The third-order valence-electron chi connectivity index (χ3n) is 3.78. The van der Waals surface area contributed by atoms with Gasteiger partial charge in [0.1, 0.15) is 0 Å². The van der Waals surface area contributed by atoms with Gasteiger partial charge in [0, 0.05) is 12.7 Å². The highest BCUT2D eigenvalue weighted by atomic mass is 29.3. The Morgan fingerprint density at radius 2 is 1.50 bits per heavy atom. The predicted molar refractivity (Wildman–Crippen MR) is 81.3 cm³/mol. The van der Waals surface area contributed by atoms with Gasteiger partial charge < -0.3 is 8.85 Å². The summed E-state index contributed by atoms with van der Waals surface area (Å²) in [7, 11) is -2.59. The summed E-state index contributed by atoms with van der Waals surface area (Å²) in [4.78, 5) is 12.0. The molecule has 0 aromatic carbocycles.